The minimum atomic E-state index is -0.671. The van der Waals surface area contributed by atoms with Gasteiger partial charge < -0.3 is 20.9 Å². The van der Waals surface area contributed by atoms with E-state index in [0.29, 0.717) is 28.2 Å². The van der Waals surface area contributed by atoms with Crippen LogP contribution in [-0.2, 0) is 4.74 Å². The number of hydrogen-bond acceptors (Lipinski definition) is 11. The van der Waals surface area contributed by atoms with Crippen molar-refractivity contribution in [1.82, 2.24) is 19.5 Å². The maximum absolute atomic E-state index is 11.7. The molecule has 0 unspecified atom stereocenters. The lowest BCUT2D eigenvalue weighted by Crippen LogP contribution is -2.33. The van der Waals surface area contributed by atoms with E-state index in [0.717, 1.165) is 5.69 Å². The molecule has 2 aromatic heterocycles. The van der Waals surface area contributed by atoms with Crippen molar-refractivity contribution >= 4 is 29.0 Å². The summed E-state index contributed by atoms with van der Waals surface area (Å²) in [5.41, 5.74) is 15.6. The molecule has 5 N–H and O–H groups in total. The number of aromatic nitrogens is 4. The van der Waals surface area contributed by atoms with Crippen molar-refractivity contribution in [2.24, 2.45) is 5.11 Å². The third-order valence-electron chi connectivity index (χ3n) is 5.93. The van der Waals surface area contributed by atoms with Gasteiger partial charge in [-0.1, -0.05) is 5.11 Å². The number of nitrogens with zero attached hydrogens (tertiary/aromatic N) is 6. The molecular weight excluding hydrogens is 522 g/mol. The van der Waals surface area contributed by atoms with Crippen LogP contribution in [0.3, 0.4) is 0 Å². The molecule has 3 aromatic rings. The number of carbonyl (C=O) groups is 2. The molecule has 4 rings (SSSR count). The molecule has 0 spiro atoms. The summed E-state index contributed by atoms with van der Waals surface area (Å²) >= 11 is 0. The predicted molar refractivity (Wildman–Crippen MR) is 146 cm³/mol. The first-order chi connectivity index (χ1) is 18.9. The quantitative estimate of drug-likeness (QED) is 0.145. The molecule has 0 bridgehead atoms. The molecule has 1 saturated heterocycles. The lowest BCUT2D eigenvalue weighted by molar-refractivity contribution is -0.0271. The van der Waals surface area contributed by atoms with Crippen molar-refractivity contribution in [3.63, 3.8) is 0 Å². The van der Waals surface area contributed by atoms with Crippen molar-refractivity contribution in [3.05, 3.63) is 84.1 Å². The Hall–Kier alpha value is -4.85. The minimum absolute atomic E-state index is 0.112. The van der Waals surface area contributed by atoms with Gasteiger partial charge in [0.2, 0.25) is 5.95 Å². The van der Waals surface area contributed by atoms with Crippen molar-refractivity contribution < 1.29 is 19.4 Å². The molecule has 0 radical (unpaired) electrons. The van der Waals surface area contributed by atoms with Gasteiger partial charge >= 0.3 is 5.69 Å². The smallest absolute Gasteiger partial charge is 0.330 e. The summed E-state index contributed by atoms with van der Waals surface area (Å²) in [6, 6.07) is 6.10. The van der Waals surface area contributed by atoms with Crippen LogP contribution < -0.4 is 22.3 Å². The second kappa shape index (κ2) is 12.8. The van der Waals surface area contributed by atoms with E-state index in [9.17, 15) is 19.2 Å². The number of hydrogen-bond donors (Lipinski definition) is 4. The van der Waals surface area contributed by atoms with Gasteiger partial charge in [0.25, 0.3) is 5.56 Å². The minimum Gasteiger partial charge on any atom is -0.394 e. The van der Waals surface area contributed by atoms with Gasteiger partial charge in [-0.15, -0.1) is 0 Å². The van der Waals surface area contributed by atoms with Crippen LogP contribution in [0, 0.1) is 13.8 Å². The van der Waals surface area contributed by atoms with Crippen molar-refractivity contribution in [2.45, 2.75) is 52.5 Å². The number of nitrogen functional groups attached to an aromatic ring is 1. The molecule has 210 valence electrons. The Morgan fingerprint density at radius 2 is 1.85 bits per heavy atom. The highest BCUT2D eigenvalue weighted by atomic mass is 16.5. The summed E-state index contributed by atoms with van der Waals surface area (Å²) in [6.07, 6.45) is 0.329. The van der Waals surface area contributed by atoms with E-state index < -0.39 is 29.6 Å². The number of ketones is 2. The number of Topliss-reactive ketones (excluding diaryl/α,β-unsaturated/α-hetero) is 2. The zero-order valence-electron chi connectivity index (χ0n) is 22.3. The maximum Gasteiger partial charge on any atom is 0.330 e. The first-order valence-electron chi connectivity index (χ1n) is 12.1. The molecular formula is C25H29N9O6. The normalized spacial score (nSPS) is 17.8. The third kappa shape index (κ3) is 7.38. The second-order valence-electron chi connectivity index (χ2n) is 9.09. The van der Waals surface area contributed by atoms with Crippen LogP contribution in [-0.4, -0.2) is 54.9 Å². The summed E-state index contributed by atoms with van der Waals surface area (Å²) in [5.74, 6) is 0.446. The van der Waals surface area contributed by atoms with Crippen LogP contribution in [0.5, 0.6) is 0 Å². The number of azide groups is 1. The molecule has 15 nitrogen and oxygen atoms in total. The van der Waals surface area contributed by atoms with Gasteiger partial charge in [-0.2, -0.15) is 4.98 Å². The van der Waals surface area contributed by atoms with Crippen LogP contribution >= 0.6 is 0 Å². The van der Waals surface area contributed by atoms with E-state index >= 15 is 0 Å². The van der Waals surface area contributed by atoms with Crippen molar-refractivity contribution in [2.75, 3.05) is 17.7 Å². The second-order valence-corrected chi connectivity index (χ2v) is 9.09. The fourth-order valence-electron chi connectivity index (χ4n) is 3.95. The maximum atomic E-state index is 11.7. The summed E-state index contributed by atoms with van der Waals surface area (Å²) in [6.45, 7) is 5.97. The molecule has 1 aliphatic rings. The number of benzene rings is 1. The first-order valence-corrected chi connectivity index (χ1v) is 12.1. The Morgan fingerprint density at radius 3 is 2.40 bits per heavy atom. The van der Waals surface area contributed by atoms with E-state index in [-0.39, 0.29) is 30.5 Å². The Labute approximate surface area is 227 Å². The number of carbonyl (C=O) groups excluding carboxylic acids is 2. The van der Waals surface area contributed by atoms with Gasteiger partial charge in [-0.05, 0) is 51.4 Å². The number of aliphatic hydroxyl groups is 1. The molecule has 0 aliphatic carbocycles. The van der Waals surface area contributed by atoms with Gasteiger partial charge in [0, 0.05) is 51.7 Å². The average molecular weight is 552 g/mol. The number of anilines is 3. The molecule has 0 amide bonds. The predicted octanol–water partition coefficient (Wildman–Crippen LogP) is 2.32. The third-order valence-corrected chi connectivity index (χ3v) is 5.93. The number of aliphatic hydroxyl groups excluding tert-OH is 1. The topological polar surface area (TPSA) is 231 Å². The molecule has 1 fully saturated rings. The zero-order chi connectivity index (χ0) is 29.6. The number of nitrogens with one attached hydrogen (secondary N) is 2. The highest BCUT2D eigenvalue weighted by Crippen LogP contribution is 2.29. The summed E-state index contributed by atoms with van der Waals surface area (Å²) < 4.78 is 6.69. The molecule has 1 aliphatic heterocycles. The highest BCUT2D eigenvalue weighted by molar-refractivity contribution is 6.01. The summed E-state index contributed by atoms with van der Waals surface area (Å²) in [7, 11) is 0. The van der Waals surface area contributed by atoms with E-state index in [4.69, 9.17) is 21.1 Å². The van der Waals surface area contributed by atoms with Gasteiger partial charge in [0.1, 0.15) is 12.0 Å². The molecule has 1 aromatic carbocycles. The number of H-pyrrole nitrogens is 1. The van der Waals surface area contributed by atoms with E-state index in [1.165, 1.54) is 24.6 Å². The van der Waals surface area contributed by atoms with Crippen LogP contribution in [0.2, 0.25) is 0 Å². The SMILES string of the molecule is CC(=O)c1cc(Nc2cc(C)nc(N)n2)cc(C(C)=O)c1.Cc1cn([C@H]2C[C@H](N=[N+]=[N-])[C@@H](CO)O2)c(=O)[nH]c1=O. The molecule has 0 saturated carbocycles. The number of aryl methyl sites for hydroxylation is 2. The Morgan fingerprint density at radius 1 is 1.20 bits per heavy atom. The van der Waals surface area contributed by atoms with Crippen molar-refractivity contribution in [3.8, 4) is 0 Å². The fourth-order valence-corrected chi connectivity index (χ4v) is 3.95. The van der Waals surface area contributed by atoms with Gasteiger partial charge in [0.05, 0.1) is 18.8 Å². The Bertz CT molecular complexity index is 1540. The van der Waals surface area contributed by atoms with E-state index in [1.54, 1.807) is 38.1 Å². The van der Waals surface area contributed by atoms with Crippen LogP contribution in [0.15, 0.2) is 45.2 Å². The summed E-state index contributed by atoms with van der Waals surface area (Å²) in [4.78, 5) is 59.0. The lowest BCUT2D eigenvalue weighted by atomic mass is 10.0. The summed E-state index contributed by atoms with van der Waals surface area (Å²) in [5, 5.41) is 15.7. The first kappa shape index (κ1) is 29.7. The average Bonchev–Trinajstić information content (AvgIpc) is 3.28. The van der Waals surface area contributed by atoms with Crippen LogP contribution in [0.25, 0.3) is 10.4 Å². The standard InChI is InChI=1S/C15H16N4O2.C10H13N5O4/c1-8-4-14(19-15(16)17-8)18-13-6-11(9(2)20)5-12(7-13)10(3)21;1-5-3-15(10(18)12-9(5)17)8-2-6(13-14-11)7(4-16)19-8/h4-7H,1-3H3,(H3,16,17,18,19);3,6-8,16H,2,4H2,1H3,(H,12,17,18)/t;6-,7+,8+/m.0/s1. The zero-order valence-corrected chi connectivity index (χ0v) is 22.3. The lowest BCUT2D eigenvalue weighted by Gasteiger charge is -2.14. The monoisotopic (exact) mass is 551 g/mol. The van der Waals surface area contributed by atoms with E-state index in [2.05, 4.69) is 30.3 Å². The largest absolute Gasteiger partial charge is 0.394 e. The highest BCUT2D eigenvalue weighted by Gasteiger charge is 2.35. The van der Waals surface area contributed by atoms with Gasteiger partial charge in [0.15, 0.2) is 11.6 Å². The number of nitrogens with two attached hydrogens (primary N) is 1. The van der Waals surface area contributed by atoms with E-state index in [1.807, 2.05) is 0 Å². The van der Waals surface area contributed by atoms with Crippen molar-refractivity contribution in [1.29, 1.82) is 0 Å². The number of aromatic amines is 1. The van der Waals surface area contributed by atoms with Crippen LogP contribution in [0.4, 0.5) is 17.5 Å². The molecule has 3 atom stereocenters. The van der Waals surface area contributed by atoms with Gasteiger partial charge in [-0.3, -0.25) is 23.9 Å². The number of ether oxygens (including phenoxy) is 1. The van der Waals surface area contributed by atoms with Crippen LogP contribution in [0.1, 0.15) is 58.5 Å². The Kier molecular flexibility index (Phi) is 9.50. The Balaban J connectivity index is 0.000000222. The molecule has 15 heteroatoms. The fraction of sp³-hybridized carbons (Fsp3) is 0.360. The molecule has 40 heavy (non-hydrogen) atoms. The number of rotatable bonds is 7. The molecule has 3 heterocycles. The van der Waals surface area contributed by atoms with Gasteiger partial charge in [-0.25, -0.2) is 9.78 Å².